The molecular formula is C54H34N2O. The molecule has 0 aliphatic carbocycles. The van der Waals surface area contributed by atoms with Crippen molar-refractivity contribution >= 4 is 93.1 Å². The molecule has 0 bridgehead atoms. The van der Waals surface area contributed by atoms with E-state index in [1.165, 1.54) is 59.7 Å². The Morgan fingerprint density at radius 3 is 1.86 bits per heavy atom. The molecule has 12 aromatic rings. The van der Waals surface area contributed by atoms with E-state index in [0.717, 1.165) is 50.3 Å². The molecule has 10 aromatic carbocycles. The van der Waals surface area contributed by atoms with E-state index in [1.54, 1.807) is 0 Å². The summed E-state index contributed by atoms with van der Waals surface area (Å²) in [5.74, 6) is 0. The molecule has 0 spiro atoms. The summed E-state index contributed by atoms with van der Waals surface area (Å²) >= 11 is 0. The fourth-order valence-electron chi connectivity index (χ4n) is 9.18. The molecule has 3 nitrogen and oxygen atoms in total. The monoisotopic (exact) mass is 726 g/mol. The second-order valence-corrected chi connectivity index (χ2v) is 14.9. The molecule has 2 aromatic heterocycles. The predicted octanol–water partition coefficient (Wildman–Crippen LogP) is 15.3. The Morgan fingerprint density at radius 2 is 1.02 bits per heavy atom. The van der Waals surface area contributed by atoms with E-state index in [4.69, 9.17) is 4.42 Å². The highest BCUT2D eigenvalue weighted by atomic mass is 16.3. The highest BCUT2D eigenvalue weighted by Crippen LogP contribution is 2.47. The SMILES string of the molecule is c1ccc(-n2c3cc(-c4ccc(N(c5cc6ccccc6c6ccccc56)c5cccc6oc7ccccc7c56)cc4)ccc3c3ccc4ccccc4c32)cc1. The molecule has 266 valence electrons. The summed E-state index contributed by atoms with van der Waals surface area (Å²) in [5.41, 5.74) is 10.9. The molecule has 0 atom stereocenters. The van der Waals surface area contributed by atoms with Crippen molar-refractivity contribution in [3.63, 3.8) is 0 Å². The maximum absolute atomic E-state index is 6.44. The third-order valence-electron chi connectivity index (χ3n) is 11.7. The summed E-state index contributed by atoms with van der Waals surface area (Å²) in [4.78, 5) is 2.42. The van der Waals surface area contributed by atoms with E-state index in [2.05, 4.69) is 210 Å². The molecule has 57 heavy (non-hydrogen) atoms. The number of furan rings is 1. The lowest BCUT2D eigenvalue weighted by molar-refractivity contribution is 0.669. The number of hydrogen-bond acceptors (Lipinski definition) is 2. The van der Waals surface area contributed by atoms with Gasteiger partial charge in [0.05, 0.1) is 27.8 Å². The normalized spacial score (nSPS) is 11.9. The number of nitrogens with zero attached hydrogens (tertiary/aromatic N) is 2. The van der Waals surface area contributed by atoms with E-state index in [-0.39, 0.29) is 0 Å². The maximum Gasteiger partial charge on any atom is 0.137 e. The van der Waals surface area contributed by atoms with Gasteiger partial charge in [-0.05, 0) is 87.3 Å². The van der Waals surface area contributed by atoms with Crippen LogP contribution in [0.5, 0.6) is 0 Å². The second-order valence-electron chi connectivity index (χ2n) is 14.9. The first-order valence-electron chi connectivity index (χ1n) is 19.5. The topological polar surface area (TPSA) is 21.3 Å². The summed E-state index contributed by atoms with van der Waals surface area (Å²) in [7, 11) is 0. The lowest BCUT2D eigenvalue weighted by Crippen LogP contribution is -2.11. The molecule has 0 aliphatic heterocycles. The number of hydrogen-bond donors (Lipinski definition) is 0. The maximum atomic E-state index is 6.44. The zero-order chi connectivity index (χ0) is 37.5. The van der Waals surface area contributed by atoms with Gasteiger partial charge >= 0.3 is 0 Å². The minimum Gasteiger partial charge on any atom is -0.456 e. The fraction of sp³-hybridized carbons (Fsp3) is 0. The largest absolute Gasteiger partial charge is 0.456 e. The highest BCUT2D eigenvalue weighted by Gasteiger charge is 2.22. The van der Waals surface area contributed by atoms with Gasteiger partial charge in [-0.3, -0.25) is 0 Å². The van der Waals surface area contributed by atoms with Crippen LogP contribution in [0.1, 0.15) is 0 Å². The number of aromatic nitrogens is 1. The van der Waals surface area contributed by atoms with Gasteiger partial charge in [0.2, 0.25) is 0 Å². The summed E-state index contributed by atoms with van der Waals surface area (Å²) in [6.45, 7) is 0. The summed E-state index contributed by atoms with van der Waals surface area (Å²) in [5, 5.41) is 12.1. The molecule has 0 unspecified atom stereocenters. The van der Waals surface area contributed by atoms with Crippen molar-refractivity contribution in [3.8, 4) is 16.8 Å². The Kier molecular flexibility index (Phi) is 6.93. The van der Waals surface area contributed by atoms with Crippen molar-refractivity contribution in [2.75, 3.05) is 4.90 Å². The van der Waals surface area contributed by atoms with E-state index in [9.17, 15) is 0 Å². The van der Waals surface area contributed by atoms with Crippen LogP contribution in [0.2, 0.25) is 0 Å². The van der Waals surface area contributed by atoms with E-state index < -0.39 is 0 Å². The zero-order valence-electron chi connectivity index (χ0n) is 30.9. The van der Waals surface area contributed by atoms with E-state index in [1.807, 2.05) is 6.07 Å². The standard InChI is InChI=1S/C54H34N2O/c1-2-15-39(16-3-1)56-50-33-37(28-31-45(50)46-32-27-36-13-4-7-18-42(36)54(46)56)35-25-29-40(30-26-35)55(48-22-12-24-52-53(48)47-21-10-11-23-51(47)57-52)49-34-38-14-5-6-17-41(38)43-19-8-9-20-44(43)49/h1-34H. The lowest BCUT2D eigenvalue weighted by atomic mass is 9.98. The van der Waals surface area contributed by atoms with Crippen molar-refractivity contribution in [1.82, 2.24) is 4.57 Å². The van der Waals surface area contributed by atoms with Crippen molar-refractivity contribution in [3.05, 3.63) is 206 Å². The molecule has 12 rings (SSSR count). The van der Waals surface area contributed by atoms with Crippen molar-refractivity contribution < 1.29 is 4.42 Å². The number of para-hydroxylation sites is 2. The predicted molar refractivity (Wildman–Crippen MR) is 241 cm³/mol. The Labute approximate surface area is 328 Å². The molecule has 0 saturated heterocycles. The van der Waals surface area contributed by atoms with Crippen LogP contribution in [-0.4, -0.2) is 4.57 Å². The van der Waals surface area contributed by atoms with Gasteiger partial charge in [0.25, 0.3) is 0 Å². The number of anilines is 3. The van der Waals surface area contributed by atoms with Crippen LogP contribution in [-0.2, 0) is 0 Å². The summed E-state index contributed by atoms with van der Waals surface area (Å²) in [6.07, 6.45) is 0. The number of fused-ring (bicyclic) bond motifs is 11. The van der Waals surface area contributed by atoms with Crippen molar-refractivity contribution in [2.45, 2.75) is 0 Å². The third-order valence-corrected chi connectivity index (χ3v) is 11.7. The quantitative estimate of drug-likeness (QED) is 0.165. The first kappa shape index (κ1) is 31.7. The van der Waals surface area contributed by atoms with Crippen LogP contribution in [0.15, 0.2) is 211 Å². The number of rotatable bonds is 5. The minimum absolute atomic E-state index is 0.871. The van der Waals surface area contributed by atoms with Gasteiger partial charge < -0.3 is 13.9 Å². The number of benzene rings is 10. The van der Waals surface area contributed by atoms with Crippen LogP contribution in [0.25, 0.3) is 92.9 Å². The Morgan fingerprint density at radius 1 is 0.368 bits per heavy atom. The molecule has 2 heterocycles. The average Bonchev–Trinajstić information content (AvgIpc) is 3.83. The zero-order valence-corrected chi connectivity index (χ0v) is 30.9. The third kappa shape index (κ3) is 4.86. The van der Waals surface area contributed by atoms with Crippen LogP contribution in [0, 0.1) is 0 Å². The van der Waals surface area contributed by atoms with Gasteiger partial charge in [-0.15, -0.1) is 0 Å². The average molecular weight is 727 g/mol. The van der Waals surface area contributed by atoms with Crippen molar-refractivity contribution in [2.24, 2.45) is 0 Å². The smallest absolute Gasteiger partial charge is 0.137 e. The van der Waals surface area contributed by atoms with Gasteiger partial charge in [0.1, 0.15) is 11.2 Å². The highest BCUT2D eigenvalue weighted by molar-refractivity contribution is 6.20. The minimum atomic E-state index is 0.871. The van der Waals surface area contributed by atoms with E-state index in [0.29, 0.717) is 0 Å². The first-order valence-corrected chi connectivity index (χ1v) is 19.5. The fourth-order valence-corrected chi connectivity index (χ4v) is 9.18. The van der Waals surface area contributed by atoms with Gasteiger partial charge in [0, 0.05) is 38.3 Å². The molecule has 0 saturated carbocycles. The van der Waals surface area contributed by atoms with Gasteiger partial charge in [0.15, 0.2) is 0 Å². The van der Waals surface area contributed by atoms with Crippen LogP contribution in [0.4, 0.5) is 17.1 Å². The molecule has 0 fully saturated rings. The van der Waals surface area contributed by atoms with Gasteiger partial charge in [-0.1, -0.05) is 152 Å². The van der Waals surface area contributed by atoms with Crippen LogP contribution >= 0.6 is 0 Å². The molecular weight excluding hydrogens is 693 g/mol. The lowest BCUT2D eigenvalue weighted by Gasteiger charge is -2.28. The first-order chi connectivity index (χ1) is 28.3. The van der Waals surface area contributed by atoms with Crippen LogP contribution in [0.3, 0.4) is 0 Å². The summed E-state index contributed by atoms with van der Waals surface area (Å²) < 4.78 is 8.88. The Hall–Kier alpha value is -7.62. The van der Waals surface area contributed by atoms with E-state index >= 15 is 0 Å². The molecule has 0 radical (unpaired) electrons. The molecule has 0 amide bonds. The Balaban J connectivity index is 1.07. The summed E-state index contributed by atoms with van der Waals surface area (Å²) in [6, 6.07) is 74.5. The van der Waals surface area contributed by atoms with Crippen molar-refractivity contribution in [1.29, 1.82) is 0 Å². The van der Waals surface area contributed by atoms with Gasteiger partial charge in [-0.2, -0.15) is 0 Å². The van der Waals surface area contributed by atoms with Gasteiger partial charge in [-0.25, -0.2) is 0 Å². The molecule has 0 N–H and O–H groups in total. The molecule has 0 aliphatic rings. The Bertz CT molecular complexity index is 3520. The second kappa shape index (κ2) is 12.5. The van der Waals surface area contributed by atoms with Crippen LogP contribution < -0.4 is 4.90 Å². The molecule has 3 heteroatoms.